The molecule has 1 atom stereocenters. The van der Waals surface area contributed by atoms with Crippen molar-refractivity contribution in [1.82, 2.24) is 0 Å². The van der Waals surface area contributed by atoms with E-state index in [0.717, 1.165) is 17.1 Å². The van der Waals surface area contributed by atoms with E-state index in [4.69, 9.17) is 13.1 Å². The van der Waals surface area contributed by atoms with Gasteiger partial charge in [0.25, 0.3) is 0 Å². The summed E-state index contributed by atoms with van der Waals surface area (Å²) in [6, 6.07) is 5.80. The van der Waals surface area contributed by atoms with Gasteiger partial charge in [-0.2, -0.15) is 0 Å². The average molecular weight is 330 g/mol. The first-order valence-corrected chi connectivity index (χ1v) is 8.34. The molecule has 4 heteroatoms. The van der Waals surface area contributed by atoms with E-state index in [0.29, 0.717) is 11.4 Å². The fraction of sp³-hybridized carbons (Fsp3) is 0.333. The fourth-order valence-electron chi connectivity index (χ4n) is 3.58. The SMILES string of the molecule is [C-]#[N+]c1cc([N+]#[C-])c2c(c1)N(C)[C@H](C)N2c1cc(C)c(C)c(C)c1C. The summed E-state index contributed by atoms with van der Waals surface area (Å²) >= 11 is 0. The molecule has 2 aromatic rings. The number of hydrogen-bond acceptors (Lipinski definition) is 2. The molecule has 3 rings (SSSR count). The summed E-state index contributed by atoms with van der Waals surface area (Å²) in [5.41, 5.74) is 9.14. The molecule has 0 saturated heterocycles. The second-order valence-electron chi connectivity index (χ2n) is 6.76. The number of nitrogens with zero attached hydrogens (tertiary/aromatic N) is 4. The van der Waals surface area contributed by atoms with Gasteiger partial charge >= 0.3 is 0 Å². The minimum absolute atomic E-state index is 0.0803. The maximum atomic E-state index is 7.62. The number of aryl methyl sites for hydroxylation is 1. The summed E-state index contributed by atoms with van der Waals surface area (Å²) < 4.78 is 0. The highest BCUT2D eigenvalue weighted by atomic mass is 15.4. The molecule has 0 aliphatic carbocycles. The van der Waals surface area contributed by atoms with Gasteiger partial charge < -0.3 is 9.80 Å². The first-order valence-electron chi connectivity index (χ1n) is 8.34. The first-order chi connectivity index (χ1) is 11.8. The first kappa shape index (κ1) is 16.9. The molecule has 0 N–H and O–H groups in total. The van der Waals surface area contributed by atoms with E-state index in [1.165, 1.54) is 22.3 Å². The van der Waals surface area contributed by atoms with Crippen LogP contribution in [0.5, 0.6) is 0 Å². The van der Waals surface area contributed by atoms with Crippen molar-refractivity contribution in [2.24, 2.45) is 0 Å². The number of anilines is 3. The minimum Gasteiger partial charge on any atom is -0.355 e. The molecule has 1 aliphatic rings. The Morgan fingerprint density at radius 1 is 0.880 bits per heavy atom. The Morgan fingerprint density at radius 3 is 2.16 bits per heavy atom. The molecule has 0 aromatic heterocycles. The highest BCUT2D eigenvalue weighted by Gasteiger charge is 2.35. The summed E-state index contributed by atoms with van der Waals surface area (Å²) in [6.07, 6.45) is 0.0803. The Morgan fingerprint density at radius 2 is 1.56 bits per heavy atom. The second kappa shape index (κ2) is 5.83. The molecule has 0 amide bonds. The van der Waals surface area contributed by atoms with Crippen molar-refractivity contribution in [1.29, 1.82) is 0 Å². The van der Waals surface area contributed by atoms with Crippen LogP contribution in [0.4, 0.5) is 28.4 Å². The normalized spacial score (nSPS) is 15.8. The predicted molar refractivity (Wildman–Crippen MR) is 104 cm³/mol. The van der Waals surface area contributed by atoms with Crippen molar-refractivity contribution >= 4 is 28.4 Å². The molecule has 1 heterocycles. The van der Waals surface area contributed by atoms with Crippen LogP contribution in [0, 0.1) is 40.8 Å². The lowest BCUT2D eigenvalue weighted by atomic mass is 9.97. The monoisotopic (exact) mass is 330 g/mol. The van der Waals surface area contributed by atoms with E-state index in [2.05, 4.69) is 60.2 Å². The zero-order valence-electron chi connectivity index (χ0n) is 15.6. The molecule has 25 heavy (non-hydrogen) atoms. The van der Waals surface area contributed by atoms with E-state index >= 15 is 0 Å². The smallest absolute Gasteiger partial charge is 0.202 e. The van der Waals surface area contributed by atoms with E-state index in [-0.39, 0.29) is 6.17 Å². The molecule has 0 radical (unpaired) electrons. The van der Waals surface area contributed by atoms with Crippen LogP contribution in [0.15, 0.2) is 18.2 Å². The molecule has 2 aromatic carbocycles. The lowest BCUT2D eigenvalue weighted by Gasteiger charge is -2.31. The maximum Gasteiger partial charge on any atom is 0.202 e. The van der Waals surface area contributed by atoms with Crippen LogP contribution in [0.25, 0.3) is 9.69 Å². The van der Waals surface area contributed by atoms with Gasteiger partial charge in [0.2, 0.25) is 5.69 Å². The molecular formula is C21H22N4. The average Bonchev–Trinajstić information content (AvgIpc) is 2.86. The summed E-state index contributed by atoms with van der Waals surface area (Å²) in [5, 5.41) is 0. The molecule has 4 nitrogen and oxygen atoms in total. The van der Waals surface area contributed by atoms with Gasteiger partial charge in [-0.05, 0) is 75.1 Å². The fourth-order valence-corrected chi connectivity index (χ4v) is 3.58. The second-order valence-corrected chi connectivity index (χ2v) is 6.76. The maximum absolute atomic E-state index is 7.62. The van der Waals surface area contributed by atoms with Crippen LogP contribution >= 0.6 is 0 Å². The number of benzene rings is 2. The molecule has 0 bridgehead atoms. The third-order valence-electron chi connectivity index (χ3n) is 5.57. The lowest BCUT2D eigenvalue weighted by Crippen LogP contribution is -2.36. The molecule has 1 aliphatic heterocycles. The summed E-state index contributed by atoms with van der Waals surface area (Å²) in [5.74, 6) is 0. The highest BCUT2D eigenvalue weighted by Crippen LogP contribution is 2.52. The minimum atomic E-state index is 0.0803. The largest absolute Gasteiger partial charge is 0.355 e. The van der Waals surface area contributed by atoms with Crippen molar-refractivity contribution in [3.63, 3.8) is 0 Å². The van der Waals surface area contributed by atoms with Gasteiger partial charge in [-0.3, -0.25) is 0 Å². The van der Waals surface area contributed by atoms with Gasteiger partial charge in [-0.1, -0.05) is 0 Å². The van der Waals surface area contributed by atoms with Gasteiger partial charge in [-0.15, -0.1) is 0 Å². The van der Waals surface area contributed by atoms with Crippen molar-refractivity contribution in [2.75, 3.05) is 16.8 Å². The van der Waals surface area contributed by atoms with Crippen LogP contribution in [0.3, 0.4) is 0 Å². The van der Waals surface area contributed by atoms with Crippen molar-refractivity contribution in [3.8, 4) is 0 Å². The molecule has 0 spiro atoms. The lowest BCUT2D eigenvalue weighted by molar-refractivity contribution is 0.732. The number of fused-ring (bicyclic) bond motifs is 1. The van der Waals surface area contributed by atoms with E-state index in [9.17, 15) is 0 Å². The Kier molecular flexibility index (Phi) is 3.93. The summed E-state index contributed by atoms with van der Waals surface area (Å²) in [6.45, 7) is 25.7. The van der Waals surface area contributed by atoms with Crippen LogP contribution in [0.1, 0.15) is 29.2 Å². The van der Waals surface area contributed by atoms with Crippen LogP contribution in [-0.4, -0.2) is 13.2 Å². The Labute approximate surface area is 149 Å². The third-order valence-corrected chi connectivity index (χ3v) is 5.57. The molecule has 0 saturated carbocycles. The number of rotatable bonds is 1. The van der Waals surface area contributed by atoms with Crippen molar-refractivity contribution in [2.45, 2.75) is 40.8 Å². The van der Waals surface area contributed by atoms with Gasteiger partial charge in [0.15, 0.2) is 5.69 Å². The van der Waals surface area contributed by atoms with Crippen molar-refractivity contribution < 1.29 is 0 Å². The summed E-state index contributed by atoms with van der Waals surface area (Å²) in [4.78, 5) is 11.6. The molecule has 0 unspecified atom stereocenters. The van der Waals surface area contributed by atoms with E-state index in [1.807, 2.05) is 13.1 Å². The standard InChI is InChI=1S/C21H22N4/c1-12-9-19(15(4)14(3)13(12)2)25-16(5)24(8)20-11-17(22-6)10-18(23-7)21(20)25/h9-11,16H,1-5,8H3/t16-/m0/s1. The third kappa shape index (κ3) is 2.34. The van der Waals surface area contributed by atoms with Gasteiger partial charge in [0, 0.05) is 18.4 Å². The number of hydrogen-bond donors (Lipinski definition) is 0. The van der Waals surface area contributed by atoms with E-state index in [1.54, 1.807) is 6.07 Å². The Bertz CT molecular complexity index is 960. The zero-order chi connectivity index (χ0) is 18.5. The van der Waals surface area contributed by atoms with Crippen molar-refractivity contribution in [3.05, 3.63) is 63.3 Å². The predicted octanol–water partition coefficient (Wildman–Crippen LogP) is 5.96. The van der Waals surface area contributed by atoms with Crippen LogP contribution in [0.2, 0.25) is 0 Å². The zero-order valence-corrected chi connectivity index (χ0v) is 15.6. The van der Waals surface area contributed by atoms with Gasteiger partial charge in [0.05, 0.1) is 18.8 Å². The molecule has 0 fully saturated rings. The van der Waals surface area contributed by atoms with Gasteiger partial charge in [-0.25, -0.2) is 9.69 Å². The highest BCUT2D eigenvalue weighted by molar-refractivity contribution is 5.96. The quantitative estimate of drug-likeness (QED) is 0.600. The molecular weight excluding hydrogens is 308 g/mol. The van der Waals surface area contributed by atoms with E-state index < -0.39 is 0 Å². The summed E-state index contributed by atoms with van der Waals surface area (Å²) in [7, 11) is 2.02. The molecule has 126 valence electrons. The van der Waals surface area contributed by atoms with Crippen LogP contribution < -0.4 is 9.80 Å². The van der Waals surface area contributed by atoms with Crippen LogP contribution in [-0.2, 0) is 0 Å². The Balaban J connectivity index is 2.33. The van der Waals surface area contributed by atoms with Gasteiger partial charge in [0.1, 0.15) is 6.17 Å². The Hall–Kier alpha value is -2.98. The topological polar surface area (TPSA) is 15.2 Å².